The molecule has 0 atom stereocenters. The van der Waals surface area contributed by atoms with Crippen LogP contribution in [-0.4, -0.2) is 18.5 Å². The molecule has 0 aliphatic carbocycles. The van der Waals surface area contributed by atoms with Crippen LogP contribution >= 0.6 is 0 Å². The summed E-state index contributed by atoms with van der Waals surface area (Å²) in [7, 11) is 0. The first-order valence-electron chi connectivity index (χ1n) is 5.43. The second kappa shape index (κ2) is 6.30. The fraction of sp³-hybridized carbons (Fsp3) is 0.417. The van der Waals surface area contributed by atoms with Gasteiger partial charge >= 0.3 is 0 Å². The highest BCUT2D eigenvalue weighted by Gasteiger charge is 2.06. The number of hydrogen-bond acceptors (Lipinski definition) is 2. The van der Waals surface area contributed by atoms with Crippen molar-refractivity contribution < 1.29 is 13.6 Å². The fourth-order valence-corrected chi connectivity index (χ4v) is 1.23. The Labute approximate surface area is 99.2 Å². The maximum absolute atomic E-state index is 13.2. The van der Waals surface area contributed by atoms with Crippen LogP contribution in [-0.2, 0) is 11.3 Å². The van der Waals surface area contributed by atoms with Crippen LogP contribution in [0.2, 0.25) is 0 Å². The molecule has 1 amide bonds. The minimum Gasteiger partial charge on any atom is -0.351 e. The monoisotopic (exact) mass is 242 g/mol. The summed E-state index contributed by atoms with van der Waals surface area (Å²) >= 11 is 0. The summed E-state index contributed by atoms with van der Waals surface area (Å²) in [6.45, 7) is 3.98. The lowest BCUT2D eigenvalue weighted by molar-refractivity contribution is -0.120. The summed E-state index contributed by atoms with van der Waals surface area (Å²) in [5.41, 5.74) is 0.142. The maximum atomic E-state index is 13.2. The quantitative estimate of drug-likeness (QED) is 0.823. The second-order valence-corrected chi connectivity index (χ2v) is 4.05. The first-order chi connectivity index (χ1) is 7.99. The molecule has 1 aromatic carbocycles. The number of rotatable bonds is 5. The maximum Gasteiger partial charge on any atom is 0.234 e. The molecule has 1 aromatic rings. The van der Waals surface area contributed by atoms with E-state index in [1.807, 2.05) is 13.8 Å². The Hall–Kier alpha value is -1.49. The molecule has 94 valence electrons. The summed E-state index contributed by atoms with van der Waals surface area (Å²) in [6.07, 6.45) is 0. The third-order valence-corrected chi connectivity index (χ3v) is 2.15. The van der Waals surface area contributed by atoms with Gasteiger partial charge in [-0.05, 0) is 18.2 Å². The van der Waals surface area contributed by atoms with Crippen LogP contribution in [0.1, 0.15) is 19.4 Å². The molecule has 0 heterocycles. The van der Waals surface area contributed by atoms with Crippen molar-refractivity contribution in [3.8, 4) is 0 Å². The van der Waals surface area contributed by atoms with Crippen LogP contribution in [0.25, 0.3) is 0 Å². The molecule has 0 bridgehead atoms. The zero-order valence-corrected chi connectivity index (χ0v) is 9.89. The SMILES string of the molecule is CC(C)NCC(=O)NCc1cc(F)ccc1F. The van der Waals surface area contributed by atoms with Gasteiger partial charge in [-0.15, -0.1) is 0 Å². The molecular formula is C12H16F2N2O. The first kappa shape index (κ1) is 13.6. The van der Waals surface area contributed by atoms with Gasteiger partial charge in [-0.3, -0.25) is 4.79 Å². The molecule has 0 saturated heterocycles. The number of carbonyl (C=O) groups excluding carboxylic acids is 1. The lowest BCUT2D eigenvalue weighted by Crippen LogP contribution is -2.36. The molecule has 0 aliphatic rings. The minimum atomic E-state index is -0.525. The van der Waals surface area contributed by atoms with Crippen molar-refractivity contribution in [1.82, 2.24) is 10.6 Å². The van der Waals surface area contributed by atoms with E-state index in [0.29, 0.717) is 0 Å². The summed E-state index contributed by atoms with van der Waals surface area (Å²) < 4.78 is 26.0. The molecule has 5 heteroatoms. The Morgan fingerprint density at radius 1 is 1.35 bits per heavy atom. The van der Waals surface area contributed by atoms with Crippen LogP contribution in [0, 0.1) is 11.6 Å². The standard InChI is InChI=1S/C12H16F2N2O/c1-8(2)15-7-12(17)16-6-9-5-10(13)3-4-11(9)14/h3-5,8,15H,6-7H2,1-2H3,(H,16,17). The molecule has 3 nitrogen and oxygen atoms in total. The highest BCUT2D eigenvalue weighted by atomic mass is 19.1. The van der Waals surface area contributed by atoms with Gasteiger partial charge in [-0.1, -0.05) is 13.8 Å². The molecule has 0 spiro atoms. The molecule has 0 saturated carbocycles. The van der Waals surface area contributed by atoms with Crippen molar-refractivity contribution in [3.63, 3.8) is 0 Å². The van der Waals surface area contributed by atoms with Gasteiger partial charge in [0.1, 0.15) is 11.6 Å². The number of amides is 1. The summed E-state index contributed by atoms with van der Waals surface area (Å²) in [5.74, 6) is -1.29. The number of hydrogen-bond donors (Lipinski definition) is 2. The van der Waals surface area contributed by atoms with E-state index in [1.165, 1.54) is 0 Å². The Morgan fingerprint density at radius 2 is 2.06 bits per heavy atom. The molecule has 0 fully saturated rings. The van der Waals surface area contributed by atoms with Gasteiger partial charge in [0.05, 0.1) is 6.54 Å². The van der Waals surface area contributed by atoms with Gasteiger partial charge in [0.25, 0.3) is 0 Å². The number of nitrogens with one attached hydrogen (secondary N) is 2. The zero-order chi connectivity index (χ0) is 12.8. The van der Waals surface area contributed by atoms with E-state index in [2.05, 4.69) is 10.6 Å². The summed E-state index contributed by atoms with van der Waals surface area (Å²) in [5, 5.41) is 5.44. The number of benzene rings is 1. The largest absolute Gasteiger partial charge is 0.351 e. The van der Waals surface area contributed by atoms with Crippen molar-refractivity contribution in [2.75, 3.05) is 6.54 Å². The van der Waals surface area contributed by atoms with Gasteiger partial charge in [-0.2, -0.15) is 0 Å². The number of halogens is 2. The first-order valence-corrected chi connectivity index (χ1v) is 5.43. The topological polar surface area (TPSA) is 41.1 Å². The Morgan fingerprint density at radius 3 is 2.71 bits per heavy atom. The lowest BCUT2D eigenvalue weighted by Gasteiger charge is -2.09. The molecule has 0 aromatic heterocycles. The third-order valence-electron chi connectivity index (χ3n) is 2.15. The van der Waals surface area contributed by atoms with Crippen LogP contribution in [0.15, 0.2) is 18.2 Å². The third kappa shape index (κ3) is 4.91. The van der Waals surface area contributed by atoms with E-state index in [1.54, 1.807) is 0 Å². The predicted molar refractivity (Wildman–Crippen MR) is 61.3 cm³/mol. The van der Waals surface area contributed by atoms with Crippen LogP contribution in [0.5, 0.6) is 0 Å². The fourth-order valence-electron chi connectivity index (χ4n) is 1.23. The molecule has 0 radical (unpaired) electrons. The molecule has 2 N–H and O–H groups in total. The van der Waals surface area contributed by atoms with Crippen LogP contribution < -0.4 is 10.6 Å². The van der Waals surface area contributed by atoms with Gasteiger partial charge in [-0.25, -0.2) is 8.78 Å². The van der Waals surface area contributed by atoms with Crippen molar-refractivity contribution in [2.24, 2.45) is 0 Å². The van der Waals surface area contributed by atoms with Gasteiger partial charge in [0.15, 0.2) is 0 Å². The normalized spacial score (nSPS) is 10.6. The Bertz CT molecular complexity index is 394. The highest BCUT2D eigenvalue weighted by Crippen LogP contribution is 2.08. The van der Waals surface area contributed by atoms with E-state index in [4.69, 9.17) is 0 Å². The molecular weight excluding hydrogens is 226 g/mol. The number of carbonyl (C=O) groups is 1. The van der Waals surface area contributed by atoms with Crippen molar-refractivity contribution in [2.45, 2.75) is 26.4 Å². The molecule has 17 heavy (non-hydrogen) atoms. The van der Waals surface area contributed by atoms with Gasteiger partial charge < -0.3 is 10.6 Å². The highest BCUT2D eigenvalue weighted by molar-refractivity contribution is 5.77. The predicted octanol–water partition coefficient (Wildman–Crippen LogP) is 1.58. The van der Waals surface area contributed by atoms with Crippen molar-refractivity contribution in [1.29, 1.82) is 0 Å². The van der Waals surface area contributed by atoms with E-state index in [-0.39, 0.29) is 30.6 Å². The van der Waals surface area contributed by atoms with Crippen molar-refractivity contribution in [3.05, 3.63) is 35.4 Å². The van der Waals surface area contributed by atoms with E-state index < -0.39 is 11.6 Å². The van der Waals surface area contributed by atoms with Crippen LogP contribution in [0.3, 0.4) is 0 Å². The van der Waals surface area contributed by atoms with Gasteiger partial charge in [0.2, 0.25) is 5.91 Å². The average Bonchev–Trinajstić information content (AvgIpc) is 2.27. The zero-order valence-electron chi connectivity index (χ0n) is 9.89. The Kier molecular flexibility index (Phi) is 5.03. The average molecular weight is 242 g/mol. The molecule has 0 unspecified atom stereocenters. The second-order valence-electron chi connectivity index (χ2n) is 4.05. The summed E-state index contributed by atoms with van der Waals surface area (Å²) in [6, 6.07) is 3.36. The van der Waals surface area contributed by atoms with E-state index in [9.17, 15) is 13.6 Å². The summed E-state index contributed by atoms with van der Waals surface area (Å²) in [4.78, 5) is 11.3. The van der Waals surface area contributed by atoms with Gasteiger partial charge in [0, 0.05) is 18.2 Å². The Balaban J connectivity index is 2.44. The van der Waals surface area contributed by atoms with Crippen LogP contribution in [0.4, 0.5) is 8.78 Å². The molecule has 1 rings (SSSR count). The molecule has 0 aliphatic heterocycles. The lowest BCUT2D eigenvalue weighted by atomic mass is 10.2. The van der Waals surface area contributed by atoms with E-state index in [0.717, 1.165) is 18.2 Å². The van der Waals surface area contributed by atoms with Crippen molar-refractivity contribution >= 4 is 5.91 Å². The minimum absolute atomic E-state index is 0.0117. The van der Waals surface area contributed by atoms with E-state index >= 15 is 0 Å². The smallest absolute Gasteiger partial charge is 0.234 e.